The molecule has 0 saturated heterocycles. The molecule has 0 amide bonds. The molecule has 3 aromatic rings. The van der Waals surface area contributed by atoms with E-state index >= 15 is 0 Å². The second-order valence-corrected chi connectivity index (χ2v) is 10.8. The van der Waals surface area contributed by atoms with E-state index in [1.807, 2.05) is 0 Å². The van der Waals surface area contributed by atoms with E-state index in [1.165, 1.54) is 36.4 Å². The Balaban J connectivity index is 1.58. The van der Waals surface area contributed by atoms with E-state index in [2.05, 4.69) is 0 Å². The van der Waals surface area contributed by atoms with Crippen molar-refractivity contribution in [3.05, 3.63) is 89.5 Å². The summed E-state index contributed by atoms with van der Waals surface area (Å²) < 4.78 is 16.0. The third kappa shape index (κ3) is 9.08. The van der Waals surface area contributed by atoms with Crippen molar-refractivity contribution in [2.75, 3.05) is 0 Å². The predicted octanol–water partition coefficient (Wildman–Crippen LogP) is 2.71. The number of rotatable bonds is 10. The Hall–Kier alpha value is -6.48. The Morgan fingerprint density at radius 3 is 1.41 bits per heavy atom. The molecule has 0 bridgehead atoms. The van der Waals surface area contributed by atoms with Gasteiger partial charge in [0, 0.05) is 31.1 Å². The third-order valence-corrected chi connectivity index (χ3v) is 7.25. The fourth-order valence-corrected chi connectivity index (χ4v) is 4.80. The molecule has 256 valence electrons. The lowest BCUT2D eigenvalue weighted by Gasteiger charge is -2.42. The molecule has 0 aromatic heterocycles. The summed E-state index contributed by atoms with van der Waals surface area (Å²) in [6.07, 6.45) is -0.646. The highest BCUT2D eigenvalue weighted by Gasteiger charge is 2.56. The average molecular weight is 679 g/mol. The van der Waals surface area contributed by atoms with Crippen LogP contribution in [0.4, 0.5) is 0 Å². The van der Waals surface area contributed by atoms with Crippen LogP contribution < -0.4 is 0 Å². The van der Waals surface area contributed by atoms with Crippen molar-refractivity contribution < 1.29 is 74.2 Å². The average Bonchev–Trinajstić information content (AvgIpc) is 3.04. The second-order valence-electron chi connectivity index (χ2n) is 10.8. The molecule has 0 aliphatic heterocycles. The Morgan fingerprint density at radius 2 is 1.00 bits per heavy atom. The first-order chi connectivity index (χ1) is 23.2. The molecule has 0 spiro atoms. The Bertz CT molecular complexity index is 1840. The van der Waals surface area contributed by atoms with E-state index in [-0.39, 0.29) is 16.7 Å². The molecule has 15 heteroatoms. The van der Waals surface area contributed by atoms with Crippen LogP contribution >= 0.6 is 0 Å². The minimum atomic E-state index is -2.49. The number of aliphatic hydroxyl groups excluding tert-OH is 1. The first kappa shape index (κ1) is 35.4. The topological polar surface area (TPSA) is 258 Å². The van der Waals surface area contributed by atoms with E-state index in [9.17, 15) is 60.0 Å². The molecule has 4 rings (SSSR count). The number of benzene rings is 3. The van der Waals surface area contributed by atoms with Gasteiger partial charge in [0.05, 0.1) is 6.10 Å². The second kappa shape index (κ2) is 15.0. The van der Waals surface area contributed by atoms with Crippen LogP contribution in [0.1, 0.15) is 29.5 Å². The van der Waals surface area contributed by atoms with Gasteiger partial charge < -0.3 is 55.1 Å². The smallest absolute Gasteiger partial charge is 0.348 e. The number of aliphatic hydroxyl groups is 1. The molecule has 1 saturated carbocycles. The molecule has 49 heavy (non-hydrogen) atoms. The zero-order valence-electron chi connectivity index (χ0n) is 25.2. The number of carbonyl (C=O) groups is 4. The van der Waals surface area contributed by atoms with Crippen molar-refractivity contribution >= 4 is 42.1 Å². The van der Waals surface area contributed by atoms with Gasteiger partial charge in [-0.3, -0.25) is 0 Å². The molecule has 0 heterocycles. The molecular weight excluding hydrogens is 648 g/mol. The number of hydrogen-bond acceptors (Lipinski definition) is 14. The predicted molar refractivity (Wildman–Crippen MR) is 168 cm³/mol. The lowest BCUT2D eigenvalue weighted by molar-refractivity contribution is -0.213. The van der Waals surface area contributed by atoms with E-state index in [4.69, 9.17) is 14.2 Å². The zero-order chi connectivity index (χ0) is 35.9. The summed E-state index contributed by atoms with van der Waals surface area (Å²) in [5.74, 6) is -7.75. The van der Waals surface area contributed by atoms with Gasteiger partial charge in [-0.25, -0.2) is 19.2 Å². The first-order valence-electron chi connectivity index (χ1n) is 14.3. The number of ether oxygens (including phenoxy) is 3. The van der Waals surface area contributed by atoms with Crippen molar-refractivity contribution in [3.63, 3.8) is 0 Å². The van der Waals surface area contributed by atoms with E-state index in [1.54, 1.807) is 0 Å². The van der Waals surface area contributed by atoms with Gasteiger partial charge >= 0.3 is 23.9 Å². The molecule has 4 atom stereocenters. The minimum Gasteiger partial charge on any atom is -0.504 e. The standard InChI is InChI=1S/C34H30O15/c35-21-7-1-18(13-24(21)38)4-10-29(42)47-28-17-34(33(45)46,49-31(44)12-6-20-3-9-23(37)26(40)15-20)16-27(41)32(28)48-30(43)11-5-19-2-8-22(36)25(39)14-19/h1-15,27-28,32,35-41H,16-17H2,(H,45,46)/b10-4+,11-5+,12-6+/t27-,28-,32-,34+/m1/s1. The summed E-state index contributed by atoms with van der Waals surface area (Å²) in [5, 5.41) is 78.7. The summed E-state index contributed by atoms with van der Waals surface area (Å²) in [4.78, 5) is 50.9. The number of esters is 3. The number of carbonyl (C=O) groups excluding carboxylic acids is 3. The molecule has 1 fully saturated rings. The van der Waals surface area contributed by atoms with Crippen LogP contribution in [0.25, 0.3) is 18.2 Å². The van der Waals surface area contributed by atoms with Crippen LogP contribution in [0, 0.1) is 0 Å². The highest BCUT2D eigenvalue weighted by atomic mass is 16.6. The highest BCUT2D eigenvalue weighted by molar-refractivity contribution is 5.91. The van der Waals surface area contributed by atoms with Crippen molar-refractivity contribution in [1.82, 2.24) is 0 Å². The van der Waals surface area contributed by atoms with E-state index in [0.717, 1.165) is 54.6 Å². The Kier molecular flexibility index (Phi) is 10.8. The van der Waals surface area contributed by atoms with Gasteiger partial charge in [0.25, 0.3) is 0 Å². The largest absolute Gasteiger partial charge is 0.504 e. The summed E-state index contributed by atoms with van der Waals surface area (Å²) in [6, 6.07) is 11.0. The summed E-state index contributed by atoms with van der Waals surface area (Å²) >= 11 is 0. The molecule has 3 aromatic carbocycles. The van der Waals surface area contributed by atoms with Crippen LogP contribution in [-0.4, -0.2) is 88.6 Å². The number of carboxylic acids is 1. The van der Waals surface area contributed by atoms with Gasteiger partial charge in [0.2, 0.25) is 5.60 Å². The van der Waals surface area contributed by atoms with Crippen LogP contribution in [-0.2, 0) is 33.4 Å². The van der Waals surface area contributed by atoms with Crippen LogP contribution in [0.5, 0.6) is 34.5 Å². The number of aromatic hydroxyl groups is 6. The van der Waals surface area contributed by atoms with Crippen LogP contribution in [0.15, 0.2) is 72.8 Å². The van der Waals surface area contributed by atoms with Gasteiger partial charge in [0.15, 0.2) is 40.6 Å². The Labute approximate surface area is 277 Å². The molecule has 0 radical (unpaired) electrons. The maximum absolute atomic E-state index is 12.9. The molecule has 15 nitrogen and oxygen atoms in total. The SMILES string of the molecule is O=C(/C=C/c1ccc(O)c(O)c1)O[C@@H]1[C@H](O)C[C@@](OC(=O)/C=C/c2ccc(O)c(O)c2)(C(=O)O)C[C@H]1OC(=O)/C=C/c1ccc(O)c(O)c1. The number of hydrogen-bond donors (Lipinski definition) is 8. The minimum absolute atomic E-state index is 0.239. The van der Waals surface area contributed by atoms with Gasteiger partial charge in [0.1, 0.15) is 6.10 Å². The van der Waals surface area contributed by atoms with Gasteiger partial charge in [-0.15, -0.1) is 0 Å². The fourth-order valence-electron chi connectivity index (χ4n) is 4.80. The Morgan fingerprint density at radius 1 is 0.592 bits per heavy atom. The molecular formula is C34H30O15. The maximum atomic E-state index is 12.9. The zero-order valence-corrected chi connectivity index (χ0v) is 25.2. The van der Waals surface area contributed by atoms with Crippen molar-refractivity contribution in [2.24, 2.45) is 0 Å². The highest BCUT2D eigenvalue weighted by Crippen LogP contribution is 2.37. The molecule has 1 aliphatic carbocycles. The summed E-state index contributed by atoms with van der Waals surface area (Å²) in [7, 11) is 0. The van der Waals surface area contributed by atoms with Crippen molar-refractivity contribution in [1.29, 1.82) is 0 Å². The monoisotopic (exact) mass is 678 g/mol. The molecule has 1 aliphatic rings. The number of phenolic OH excluding ortho intramolecular Hbond substituents is 6. The van der Waals surface area contributed by atoms with Gasteiger partial charge in [-0.1, -0.05) is 18.2 Å². The normalized spacial score (nSPS) is 20.7. The third-order valence-electron chi connectivity index (χ3n) is 7.25. The first-order valence-corrected chi connectivity index (χ1v) is 14.3. The van der Waals surface area contributed by atoms with Crippen molar-refractivity contribution in [3.8, 4) is 34.5 Å². The quantitative estimate of drug-likeness (QED) is 0.0664. The van der Waals surface area contributed by atoms with Gasteiger partial charge in [-0.2, -0.15) is 0 Å². The number of carboxylic acid groups (broad SMARTS) is 1. The lowest BCUT2D eigenvalue weighted by Crippen LogP contribution is -2.59. The fraction of sp³-hybridized carbons (Fsp3) is 0.176. The van der Waals surface area contributed by atoms with E-state index < -0.39 is 95.1 Å². The summed E-state index contributed by atoms with van der Waals surface area (Å²) in [5.41, 5.74) is -1.72. The maximum Gasteiger partial charge on any atom is 0.348 e. The van der Waals surface area contributed by atoms with Gasteiger partial charge in [-0.05, 0) is 71.3 Å². The number of aliphatic carboxylic acids is 1. The lowest BCUT2D eigenvalue weighted by atomic mass is 9.79. The summed E-state index contributed by atoms with van der Waals surface area (Å²) in [6.45, 7) is 0. The van der Waals surface area contributed by atoms with E-state index in [0.29, 0.717) is 0 Å². The molecule has 0 unspecified atom stereocenters. The van der Waals surface area contributed by atoms with Crippen LogP contribution in [0.2, 0.25) is 0 Å². The molecule has 8 N–H and O–H groups in total. The van der Waals surface area contributed by atoms with Crippen molar-refractivity contribution in [2.45, 2.75) is 36.8 Å². The van der Waals surface area contributed by atoms with Crippen LogP contribution in [0.3, 0.4) is 0 Å². The number of phenols is 6.